The first-order valence-corrected chi connectivity index (χ1v) is 8.92. The minimum Gasteiger partial charge on any atom is -0.493 e. The number of ether oxygens (including phenoxy) is 2. The molecule has 128 valence electrons. The van der Waals surface area contributed by atoms with Crippen LogP contribution in [0.2, 0.25) is 0 Å². The Morgan fingerprint density at radius 3 is 2.64 bits per heavy atom. The smallest absolute Gasteiger partial charge is 0.314 e. The Morgan fingerprint density at radius 1 is 1.00 bits per heavy atom. The van der Waals surface area contributed by atoms with Crippen LogP contribution >= 0.6 is 15.9 Å². The molecule has 3 aromatic rings. The van der Waals surface area contributed by atoms with E-state index in [0.29, 0.717) is 5.75 Å². The van der Waals surface area contributed by atoms with E-state index >= 15 is 0 Å². The molecule has 0 radical (unpaired) electrons. The van der Waals surface area contributed by atoms with Gasteiger partial charge in [0.25, 0.3) is 0 Å². The van der Waals surface area contributed by atoms with Crippen molar-refractivity contribution in [2.24, 2.45) is 0 Å². The number of halogens is 1. The van der Waals surface area contributed by atoms with Crippen LogP contribution in [0.25, 0.3) is 10.8 Å². The van der Waals surface area contributed by atoms with Crippen molar-refractivity contribution in [2.75, 3.05) is 6.61 Å². The van der Waals surface area contributed by atoms with Crippen LogP contribution in [0.5, 0.6) is 11.5 Å². The molecule has 0 aliphatic heterocycles. The summed E-state index contributed by atoms with van der Waals surface area (Å²) in [6, 6.07) is 17.7. The van der Waals surface area contributed by atoms with Gasteiger partial charge in [-0.2, -0.15) is 0 Å². The van der Waals surface area contributed by atoms with Crippen molar-refractivity contribution in [3.05, 3.63) is 70.2 Å². The van der Waals surface area contributed by atoms with Crippen molar-refractivity contribution in [2.45, 2.75) is 20.3 Å². The Hall–Kier alpha value is -2.33. The quantitative estimate of drug-likeness (QED) is 0.414. The lowest BCUT2D eigenvalue weighted by atomic mass is 10.1. The largest absolute Gasteiger partial charge is 0.493 e. The predicted octanol–water partition coefficient (Wildman–Crippen LogP) is 5.59. The van der Waals surface area contributed by atoms with E-state index in [4.69, 9.17) is 9.47 Å². The molecule has 3 nitrogen and oxygen atoms in total. The Bertz CT molecular complexity index is 918. The molecular formula is C21H19BrO3. The number of carbonyl (C=O) groups excluding carboxylic acids is 1. The van der Waals surface area contributed by atoms with E-state index < -0.39 is 0 Å². The molecule has 0 saturated heterocycles. The molecule has 3 rings (SSSR count). The lowest BCUT2D eigenvalue weighted by molar-refractivity contribution is -0.134. The summed E-state index contributed by atoms with van der Waals surface area (Å²) >= 11 is 3.52. The molecule has 0 fully saturated rings. The zero-order chi connectivity index (χ0) is 17.8. The maximum Gasteiger partial charge on any atom is 0.314 e. The van der Waals surface area contributed by atoms with Crippen LogP contribution in [0.3, 0.4) is 0 Å². The second-order valence-electron chi connectivity index (χ2n) is 5.94. The molecule has 0 unspecified atom stereocenters. The van der Waals surface area contributed by atoms with Crippen molar-refractivity contribution in [3.63, 3.8) is 0 Å². The van der Waals surface area contributed by atoms with Crippen LogP contribution in [0.1, 0.15) is 17.5 Å². The third-order valence-corrected chi connectivity index (χ3v) is 4.78. The van der Waals surface area contributed by atoms with Gasteiger partial charge in [-0.25, -0.2) is 0 Å². The van der Waals surface area contributed by atoms with Gasteiger partial charge in [-0.3, -0.25) is 4.79 Å². The van der Waals surface area contributed by atoms with Crippen LogP contribution in [0.15, 0.2) is 59.1 Å². The zero-order valence-electron chi connectivity index (χ0n) is 14.2. The molecule has 0 saturated carbocycles. The van der Waals surface area contributed by atoms with Crippen LogP contribution in [-0.4, -0.2) is 12.6 Å². The molecule has 0 amide bonds. The third-order valence-electron chi connectivity index (χ3n) is 3.96. The van der Waals surface area contributed by atoms with Crippen LogP contribution < -0.4 is 9.47 Å². The zero-order valence-corrected chi connectivity index (χ0v) is 15.8. The molecule has 0 heterocycles. The van der Waals surface area contributed by atoms with Gasteiger partial charge in [0.2, 0.25) is 0 Å². The van der Waals surface area contributed by atoms with E-state index in [1.807, 2.05) is 62.4 Å². The Kier molecular flexibility index (Phi) is 5.39. The monoisotopic (exact) mass is 398 g/mol. The molecule has 0 atom stereocenters. The summed E-state index contributed by atoms with van der Waals surface area (Å²) < 4.78 is 12.0. The van der Waals surface area contributed by atoms with E-state index in [1.54, 1.807) is 6.07 Å². The number of carbonyl (C=O) groups is 1. The first kappa shape index (κ1) is 17.5. The minimum absolute atomic E-state index is 0.187. The van der Waals surface area contributed by atoms with Gasteiger partial charge in [-0.1, -0.05) is 42.5 Å². The van der Waals surface area contributed by atoms with Crippen molar-refractivity contribution < 1.29 is 14.3 Å². The summed E-state index contributed by atoms with van der Waals surface area (Å²) in [5, 5.41) is 2.10. The highest BCUT2D eigenvalue weighted by molar-refractivity contribution is 9.10. The lowest BCUT2D eigenvalue weighted by Crippen LogP contribution is -2.13. The standard InChI is InChI=1S/C21H19BrO3/c1-14-7-8-15(2)19(13-14)24-12-11-20(23)25-18-10-9-16-5-3-4-6-17(16)21(18)22/h3-10,13H,11-12H2,1-2H3. The van der Waals surface area contributed by atoms with E-state index in [0.717, 1.165) is 32.1 Å². The van der Waals surface area contributed by atoms with Crippen molar-refractivity contribution in [1.29, 1.82) is 0 Å². The molecular weight excluding hydrogens is 380 g/mol. The number of hydrogen-bond donors (Lipinski definition) is 0. The first-order chi connectivity index (χ1) is 12.0. The molecule has 0 aliphatic rings. The van der Waals surface area contributed by atoms with E-state index in [1.165, 1.54) is 0 Å². The molecule has 0 aliphatic carbocycles. The molecule has 0 bridgehead atoms. The number of benzene rings is 3. The summed E-state index contributed by atoms with van der Waals surface area (Å²) in [4.78, 5) is 12.1. The number of esters is 1. The van der Waals surface area contributed by atoms with Gasteiger partial charge in [0.1, 0.15) is 11.5 Å². The van der Waals surface area contributed by atoms with Crippen LogP contribution in [-0.2, 0) is 4.79 Å². The van der Waals surface area contributed by atoms with E-state index in [2.05, 4.69) is 15.9 Å². The van der Waals surface area contributed by atoms with Crippen molar-refractivity contribution in [3.8, 4) is 11.5 Å². The van der Waals surface area contributed by atoms with Gasteiger partial charge in [-0.05, 0) is 63.8 Å². The van der Waals surface area contributed by atoms with E-state index in [-0.39, 0.29) is 19.0 Å². The van der Waals surface area contributed by atoms with Gasteiger partial charge in [0.15, 0.2) is 0 Å². The fraction of sp³-hybridized carbons (Fsp3) is 0.190. The van der Waals surface area contributed by atoms with Crippen molar-refractivity contribution in [1.82, 2.24) is 0 Å². The van der Waals surface area contributed by atoms with Crippen LogP contribution in [0, 0.1) is 13.8 Å². The van der Waals surface area contributed by atoms with Gasteiger partial charge in [0, 0.05) is 0 Å². The third kappa shape index (κ3) is 4.20. The maximum atomic E-state index is 12.1. The van der Waals surface area contributed by atoms with Gasteiger partial charge in [-0.15, -0.1) is 0 Å². The van der Waals surface area contributed by atoms with Gasteiger partial charge >= 0.3 is 5.97 Å². The number of aryl methyl sites for hydroxylation is 2. The topological polar surface area (TPSA) is 35.5 Å². The van der Waals surface area contributed by atoms with Gasteiger partial charge < -0.3 is 9.47 Å². The predicted molar refractivity (Wildman–Crippen MR) is 103 cm³/mol. The Balaban J connectivity index is 1.61. The molecule has 0 N–H and O–H groups in total. The van der Waals surface area contributed by atoms with Gasteiger partial charge in [0.05, 0.1) is 17.5 Å². The Labute approximate surface area is 155 Å². The molecule has 0 spiro atoms. The Morgan fingerprint density at radius 2 is 1.80 bits per heavy atom. The normalized spacial score (nSPS) is 10.7. The van der Waals surface area contributed by atoms with Crippen molar-refractivity contribution >= 4 is 32.7 Å². The fourth-order valence-corrected chi connectivity index (χ4v) is 3.15. The number of hydrogen-bond acceptors (Lipinski definition) is 3. The minimum atomic E-state index is -0.318. The molecule has 25 heavy (non-hydrogen) atoms. The fourth-order valence-electron chi connectivity index (χ4n) is 2.57. The average molecular weight is 399 g/mol. The maximum absolute atomic E-state index is 12.1. The first-order valence-electron chi connectivity index (χ1n) is 8.12. The number of rotatable bonds is 5. The highest BCUT2D eigenvalue weighted by Gasteiger charge is 2.11. The van der Waals surface area contributed by atoms with Crippen LogP contribution in [0.4, 0.5) is 0 Å². The summed E-state index contributed by atoms with van der Waals surface area (Å²) in [7, 11) is 0. The highest BCUT2D eigenvalue weighted by Crippen LogP contribution is 2.33. The summed E-state index contributed by atoms with van der Waals surface area (Å²) in [5.74, 6) is 1.01. The molecule has 3 aromatic carbocycles. The molecule has 0 aromatic heterocycles. The lowest BCUT2D eigenvalue weighted by Gasteiger charge is -2.11. The summed E-state index contributed by atoms with van der Waals surface area (Å²) in [5.41, 5.74) is 2.18. The summed E-state index contributed by atoms with van der Waals surface area (Å²) in [6.07, 6.45) is 0.187. The van der Waals surface area contributed by atoms with E-state index in [9.17, 15) is 4.79 Å². The number of fused-ring (bicyclic) bond motifs is 1. The second-order valence-corrected chi connectivity index (χ2v) is 6.73. The molecule has 4 heteroatoms. The SMILES string of the molecule is Cc1ccc(C)c(OCCC(=O)Oc2ccc3ccccc3c2Br)c1. The second kappa shape index (κ2) is 7.70. The average Bonchev–Trinajstić information content (AvgIpc) is 2.61. The highest BCUT2D eigenvalue weighted by atomic mass is 79.9. The summed E-state index contributed by atoms with van der Waals surface area (Å²) in [6.45, 7) is 4.28.